The molecule has 1 aliphatic heterocycles. The second-order valence-electron chi connectivity index (χ2n) is 4.05. The molecular weight excluding hydrogens is 254 g/mol. The van der Waals surface area contributed by atoms with Gasteiger partial charge < -0.3 is 9.47 Å². The topological polar surface area (TPSA) is 21.1 Å². The summed E-state index contributed by atoms with van der Waals surface area (Å²) >= 11 is 3.45. The van der Waals surface area contributed by atoms with Gasteiger partial charge in [0.2, 0.25) is 5.95 Å². The highest BCUT2D eigenvalue weighted by molar-refractivity contribution is 9.10. The molecule has 84 valence electrons. The van der Waals surface area contributed by atoms with Gasteiger partial charge in [-0.2, -0.15) is 0 Å². The predicted molar refractivity (Wildman–Crippen MR) is 66.3 cm³/mol. The zero-order chi connectivity index (χ0) is 10.7. The highest BCUT2D eigenvalue weighted by Crippen LogP contribution is 2.21. The minimum absolute atomic E-state index is 0.948. The van der Waals surface area contributed by atoms with E-state index in [4.69, 9.17) is 0 Å². The second-order valence-corrected chi connectivity index (χ2v) is 4.86. The molecule has 1 saturated heterocycles. The maximum atomic E-state index is 4.55. The maximum absolute atomic E-state index is 4.55. The van der Waals surface area contributed by atoms with E-state index in [-0.39, 0.29) is 0 Å². The molecule has 0 aliphatic carbocycles. The van der Waals surface area contributed by atoms with Crippen LogP contribution in [0.4, 0.5) is 5.95 Å². The molecule has 0 bridgehead atoms. The van der Waals surface area contributed by atoms with Crippen molar-refractivity contribution in [2.24, 2.45) is 0 Å². The highest BCUT2D eigenvalue weighted by Gasteiger charge is 2.15. The average Bonchev–Trinajstić information content (AvgIpc) is 2.47. The minimum atomic E-state index is 0.948. The van der Waals surface area contributed by atoms with Gasteiger partial charge in [-0.15, -0.1) is 0 Å². The van der Waals surface area contributed by atoms with Crippen molar-refractivity contribution in [2.45, 2.75) is 39.2 Å². The van der Waals surface area contributed by atoms with Crippen LogP contribution < -0.4 is 4.90 Å². The van der Waals surface area contributed by atoms with Gasteiger partial charge in [0, 0.05) is 25.8 Å². The van der Waals surface area contributed by atoms with Gasteiger partial charge in [-0.25, -0.2) is 4.98 Å². The molecule has 0 N–H and O–H groups in total. The first-order chi connectivity index (χ1) is 7.31. The van der Waals surface area contributed by atoms with Gasteiger partial charge in [0.1, 0.15) is 4.60 Å². The summed E-state index contributed by atoms with van der Waals surface area (Å²) < 4.78 is 3.17. The van der Waals surface area contributed by atoms with Crippen molar-refractivity contribution in [3.05, 3.63) is 10.8 Å². The molecule has 1 aromatic heterocycles. The Balaban J connectivity index is 2.18. The Bertz CT molecular complexity index is 314. The molecule has 1 aromatic rings. The number of imidazole rings is 1. The first kappa shape index (κ1) is 11.0. The molecule has 0 amide bonds. The summed E-state index contributed by atoms with van der Waals surface area (Å²) in [5.74, 6) is 1.13. The lowest BCUT2D eigenvalue weighted by atomic mass is 10.2. The van der Waals surface area contributed by atoms with Crippen LogP contribution in [0.3, 0.4) is 0 Å². The summed E-state index contributed by atoms with van der Waals surface area (Å²) in [7, 11) is 0. The largest absolute Gasteiger partial charge is 0.342 e. The standard InChI is InChI=1S/C11H18BrN3/c1-2-14-9-10(12)13-11(14)15-7-5-3-4-6-8-15/h9H,2-8H2,1H3. The van der Waals surface area contributed by atoms with E-state index in [0.717, 1.165) is 30.2 Å². The van der Waals surface area contributed by atoms with Crippen molar-refractivity contribution < 1.29 is 0 Å². The van der Waals surface area contributed by atoms with Crippen molar-refractivity contribution >= 4 is 21.9 Å². The Kier molecular flexibility index (Phi) is 3.67. The molecule has 2 heterocycles. The summed E-state index contributed by atoms with van der Waals surface area (Å²) in [6.07, 6.45) is 7.40. The van der Waals surface area contributed by atoms with Crippen LogP contribution in [-0.2, 0) is 6.54 Å². The molecule has 15 heavy (non-hydrogen) atoms. The molecule has 0 radical (unpaired) electrons. The molecule has 0 unspecified atom stereocenters. The van der Waals surface area contributed by atoms with E-state index in [2.05, 4.69) is 43.5 Å². The Morgan fingerprint density at radius 3 is 2.53 bits per heavy atom. The van der Waals surface area contributed by atoms with Crippen LogP contribution in [0.2, 0.25) is 0 Å². The lowest BCUT2D eigenvalue weighted by Crippen LogP contribution is -2.27. The number of aryl methyl sites for hydroxylation is 1. The lowest BCUT2D eigenvalue weighted by molar-refractivity contribution is 0.691. The molecule has 0 atom stereocenters. The van der Waals surface area contributed by atoms with E-state index in [1.807, 2.05) is 0 Å². The zero-order valence-corrected chi connectivity index (χ0v) is 10.8. The Morgan fingerprint density at radius 2 is 1.93 bits per heavy atom. The third-order valence-electron chi connectivity index (χ3n) is 2.96. The second kappa shape index (κ2) is 5.01. The third kappa shape index (κ3) is 2.54. The van der Waals surface area contributed by atoms with Crippen LogP contribution in [0.15, 0.2) is 10.8 Å². The van der Waals surface area contributed by atoms with E-state index in [9.17, 15) is 0 Å². The lowest BCUT2D eigenvalue weighted by Gasteiger charge is -2.21. The summed E-state index contributed by atoms with van der Waals surface area (Å²) in [4.78, 5) is 6.97. The minimum Gasteiger partial charge on any atom is -0.342 e. The van der Waals surface area contributed by atoms with Crippen LogP contribution in [0, 0.1) is 0 Å². The van der Waals surface area contributed by atoms with E-state index >= 15 is 0 Å². The quantitative estimate of drug-likeness (QED) is 0.825. The van der Waals surface area contributed by atoms with E-state index in [1.165, 1.54) is 25.7 Å². The molecule has 1 fully saturated rings. The van der Waals surface area contributed by atoms with Gasteiger partial charge in [-0.3, -0.25) is 0 Å². The molecule has 1 aliphatic rings. The summed E-state index contributed by atoms with van der Waals surface area (Å²) in [5.41, 5.74) is 0. The van der Waals surface area contributed by atoms with E-state index in [1.54, 1.807) is 0 Å². The molecule has 0 aromatic carbocycles. The van der Waals surface area contributed by atoms with Crippen molar-refractivity contribution in [1.82, 2.24) is 9.55 Å². The summed E-state index contributed by atoms with van der Waals surface area (Å²) in [6, 6.07) is 0. The summed E-state index contributed by atoms with van der Waals surface area (Å²) in [5, 5.41) is 0. The Morgan fingerprint density at radius 1 is 1.27 bits per heavy atom. The third-order valence-corrected chi connectivity index (χ3v) is 3.34. The number of aromatic nitrogens is 2. The van der Waals surface area contributed by atoms with Gasteiger partial charge in [0.05, 0.1) is 0 Å². The number of hydrogen-bond donors (Lipinski definition) is 0. The molecular formula is C11H18BrN3. The van der Waals surface area contributed by atoms with Crippen molar-refractivity contribution in [1.29, 1.82) is 0 Å². The number of rotatable bonds is 2. The first-order valence-corrected chi connectivity index (χ1v) is 6.58. The fourth-order valence-electron chi connectivity index (χ4n) is 2.13. The van der Waals surface area contributed by atoms with Gasteiger partial charge >= 0.3 is 0 Å². The van der Waals surface area contributed by atoms with Gasteiger partial charge in [0.25, 0.3) is 0 Å². The van der Waals surface area contributed by atoms with E-state index < -0.39 is 0 Å². The van der Waals surface area contributed by atoms with Crippen molar-refractivity contribution in [2.75, 3.05) is 18.0 Å². The SMILES string of the molecule is CCn1cc(Br)nc1N1CCCCCC1. The number of halogens is 1. The van der Waals surface area contributed by atoms with Crippen LogP contribution in [0.25, 0.3) is 0 Å². The Hall–Kier alpha value is -0.510. The van der Waals surface area contributed by atoms with Crippen molar-refractivity contribution in [3.63, 3.8) is 0 Å². The average molecular weight is 272 g/mol. The van der Waals surface area contributed by atoms with Crippen LogP contribution in [-0.4, -0.2) is 22.6 Å². The van der Waals surface area contributed by atoms with Crippen LogP contribution >= 0.6 is 15.9 Å². The fourth-order valence-corrected chi connectivity index (χ4v) is 2.54. The smallest absolute Gasteiger partial charge is 0.206 e. The first-order valence-electron chi connectivity index (χ1n) is 5.79. The normalized spacial score (nSPS) is 17.9. The van der Waals surface area contributed by atoms with E-state index in [0.29, 0.717) is 0 Å². The molecule has 0 saturated carbocycles. The summed E-state index contributed by atoms with van der Waals surface area (Å²) in [6.45, 7) is 5.47. The number of nitrogens with zero attached hydrogens (tertiary/aromatic N) is 3. The number of anilines is 1. The van der Waals surface area contributed by atoms with Crippen molar-refractivity contribution in [3.8, 4) is 0 Å². The Labute approximate surface area is 99.6 Å². The highest BCUT2D eigenvalue weighted by atomic mass is 79.9. The van der Waals surface area contributed by atoms with Gasteiger partial charge in [-0.05, 0) is 35.7 Å². The fraction of sp³-hybridized carbons (Fsp3) is 0.727. The van der Waals surface area contributed by atoms with Gasteiger partial charge in [0.15, 0.2) is 0 Å². The molecule has 3 nitrogen and oxygen atoms in total. The van der Waals surface area contributed by atoms with Crippen LogP contribution in [0.5, 0.6) is 0 Å². The van der Waals surface area contributed by atoms with Gasteiger partial charge in [-0.1, -0.05) is 12.8 Å². The predicted octanol–water partition coefficient (Wildman–Crippen LogP) is 3.05. The van der Waals surface area contributed by atoms with Crippen LogP contribution in [0.1, 0.15) is 32.6 Å². The number of hydrogen-bond acceptors (Lipinski definition) is 2. The molecule has 4 heteroatoms. The monoisotopic (exact) mass is 271 g/mol. The molecule has 2 rings (SSSR count). The zero-order valence-electron chi connectivity index (χ0n) is 9.25. The molecule has 0 spiro atoms. The maximum Gasteiger partial charge on any atom is 0.206 e.